The average Bonchev–Trinajstić information content (AvgIpc) is 2.61. The number of rotatable bonds is 4. The van der Waals surface area contributed by atoms with Crippen LogP contribution >= 0.6 is 11.6 Å². The molecule has 128 valence electrons. The van der Waals surface area contributed by atoms with Crippen LogP contribution < -0.4 is 15.6 Å². The second-order valence-electron chi connectivity index (χ2n) is 5.31. The molecule has 0 aliphatic rings. The van der Waals surface area contributed by atoms with Crippen LogP contribution in [-0.2, 0) is 6.61 Å². The lowest BCUT2D eigenvalue weighted by Crippen LogP contribution is -2.26. The van der Waals surface area contributed by atoms with Crippen LogP contribution in [0.3, 0.4) is 0 Å². The molecule has 1 amide bonds. The number of halogens is 1. The molecule has 0 radical (unpaired) electrons. The van der Waals surface area contributed by atoms with Crippen molar-refractivity contribution < 1.29 is 14.6 Å². The third kappa shape index (κ3) is 3.22. The number of carbonyl (C=O) groups is 1. The number of H-pyrrole nitrogens is 1. The summed E-state index contributed by atoms with van der Waals surface area (Å²) in [5.74, 6) is 0.0154. The number of aromatic amines is 1. The Balaban J connectivity index is 2.07. The zero-order valence-electron chi connectivity index (χ0n) is 13.3. The van der Waals surface area contributed by atoms with E-state index in [-0.39, 0.29) is 11.1 Å². The molecule has 0 aliphatic heterocycles. The van der Waals surface area contributed by atoms with Gasteiger partial charge in [0.05, 0.1) is 24.3 Å². The number of ether oxygens (including phenoxy) is 1. The van der Waals surface area contributed by atoms with E-state index in [1.807, 2.05) is 0 Å². The first-order valence-electron chi connectivity index (χ1n) is 7.44. The molecule has 3 rings (SSSR count). The van der Waals surface area contributed by atoms with Gasteiger partial charge in [0, 0.05) is 16.6 Å². The monoisotopic (exact) mass is 358 g/mol. The fourth-order valence-electron chi connectivity index (χ4n) is 2.65. The van der Waals surface area contributed by atoms with E-state index in [0.29, 0.717) is 27.4 Å². The second kappa shape index (κ2) is 6.96. The number of carbonyl (C=O) groups excluding carboxylic acids is 1. The van der Waals surface area contributed by atoms with Crippen molar-refractivity contribution in [2.45, 2.75) is 6.61 Å². The Labute approximate surface area is 148 Å². The number of benzene rings is 2. The number of hydrogen-bond acceptors (Lipinski definition) is 4. The number of aliphatic hydroxyl groups is 1. The van der Waals surface area contributed by atoms with E-state index in [2.05, 4.69) is 10.3 Å². The zero-order valence-corrected chi connectivity index (χ0v) is 14.1. The number of aromatic nitrogens is 1. The SMILES string of the molecule is COc1ccc(NC(=O)c2c(CO)c3c(Cl)cccc3[nH]c2=O)cc1. The fourth-order valence-corrected chi connectivity index (χ4v) is 2.94. The first-order valence-corrected chi connectivity index (χ1v) is 7.82. The first-order chi connectivity index (χ1) is 12.0. The molecule has 0 saturated heterocycles. The third-order valence-electron chi connectivity index (χ3n) is 3.83. The lowest BCUT2D eigenvalue weighted by molar-refractivity contribution is 0.102. The van der Waals surface area contributed by atoms with Gasteiger partial charge >= 0.3 is 0 Å². The van der Waals surface area contributed by atoms with Crippen LogP contribution in [0.2, 0.25) is 5.02 Å². The van der Waals surface area contributed by atoms with Crippen LogP contribution in [0.4, 0.5) is 5.69 Å². The van der Waals surface area contributed by atoms with E-state index >= 15 is 0 Å². The molecule has 0 saturated carbocycles. The van der Waals surface area contributed by atoms with Crippen LogP contribution in [0.15, 0.2) is 47.3 Å². The summed E-state index contributed by atoms with van der Waals surface area (Å²) in [6, 6.07) is 11.6. The number of hydrogen-bond donors (Lipinski definition) is 3. The van der Waals surface area contributed by atoms with Crippen molar-refractivity contribution in [2.75, 3.05) is 12.4 Å². The van der Waals surface area contributed by atoms with E-state index < -0.39 is 18.1 Å². The number of methoxy groups -OCH3 is 1. The van der Waals surface area contributed by atoms with Crippen molar-refractivity contribution in [3.05, 3.63) is 69.0 Å². The van der Waals surface area contributed by atoms with Crippen LogP contribution in [0, 0.1) is 0 Å². The molecule has 25 heavy (non-hydrogen) atoms. The largest absolute Gasteiger partial charge is 0.497 e. The molecular formula is C18H15ClN2O4. The predicted molar refractivity (Wildman–Crippen MR) is 96.4 cm³/mol. The molecule has 0 atom stereocenters. The maximum absolute atomic E-state index is 12.6. The molecule has 0 unspecified atom stereocenters. The predicted octanol–water partition coefficient (Wildman–Crippen LogP) is 2.93. The topological polar surface area (TPSA) is 91.4 Å². The lowest BCUT2D eigenvalue weighted by Gasteiger charge is -2.12. The number of anilines is 1. The van der Waals surface area contributed by atoms with Gasteiger partial charge in [-0.15, -0.1) is 0 Å². The highest BCUT2D eigenvalue weighted by Gasteiger charge is 2.20. The smallest absolute Gasteiger partial charge is 0.261 e. The summed E-state index contributed by atoms with van der Waals surface area (Å²) in [7, 11) is 1.54. The van der Waals surface area contributed by atoms with Gasteiger partial charge in [-0.3, -0.25) is 9.59 Å². The van der Waals surface area contributed by atoms with E-state index in [1.54, 1.807) is 49.6 Å². The van der Waals surface area contributed by atoms with Crippen LogP contribution in [0.25, 0.3) is 10.9 Å². The molecular weight excluding hydrogens is 344 g/mol. The van der Waals surface area contributed by atoms with Gasteiger partial charge in [0.25, 0.3) is 11.5 Å². The molecule has 0 fully saturated rings. The third-order valence-corrected chi connectivity index (χ3v) is 4.14. The van der Waals surface area contributed by atoms with Gasteiger partial charge < -0.3 is 20.1 Å². The highest BCUT2D eigenvalue weighted by atomic mass is 35.5. The van der Waals surface area contributed by atoms with E-state index in [9.17, 15) is 14.7 Å². The van der Waals surface area contributed by atoms with Gasteiger partial charge in [-0.05, 0) is 36.4 Å². The molecule has 0 spiro atoms. The van der Waals surface area contributed by atoms with E-state index in [0.717, 1.165) is 0 Å². The van der Waals surface area contributed by atoms with Gasteiger partial charge in [0.15, 0.2) is 0 Å². The Morgan fingerprint density at radius 2 is 1.96 bits per heavy atom. The highest BCUT2D eigenvalue weighted by Crippen LogP contribution is 2.27. The Morgan fingerprint density at radius 1 is 1.24 bits per heavy atom. The molecule has 7 heteroatoms. The van der Waals surface area contributed by atoms with Gasteiger partial charge in [0.1, 0.15) is 11.3 Å². The molecule has 3 N–H and O–H groups in total. The Hall–Kier alpha value is -2.83. The number of pyridine rings is 1. The molecule has 6 nitrogen and oxygen atoms in total. The minimum atomic E-state index is -0.628. The van der Waals surface area contributed by atoms with Crippen molar-refractivity contribution in [1.29, 1.82) is 0 Å². The van der Waals surface area contributed by atoms with E-state index in [1.165, 1.54) is 0 Å². The standard InChI is InChI=1S/C18H15ClN2O4/c1-25-11-7-5-10(6-8-11)20-17(23)16-12(9-22)15-13(19)3-2-4-14(15)21-18(16)24/h2-8,22H,9H2,1H3,(H,20,23)(H,21,24). The van der Waals surface area contributed by atoms with Gasteiger partial charge in [-0.25, -0.2) is 0 Å². The molecule has 3 aromatic rings. The summed E-state index contributed by atoms with van der Waals surface area (Å²) in [6.45, 7) is -0.491. The second-order valence-corrected chi connectivity index (χ2v) is 5.72. The molecule has 0 aliphatic carbocycles. The summed E-state index contributed by atoms with van der Waals surface area (Å²) in [4.78, 5) is 27.6. The first kappa shape index (κ1) is 17.0. The van der Waals surface area contributed by atoms with Crippen molar-refractivity contribution in [3.63, 3.8) is 0 Å². The van der Waals surface area contributed by atoms with Crippen molar-refractivity contribution >= 4 is 34.1 Å². The van der Waals surface area contributed by atoms with E-state index in [4.69, 9.17) is 16.3 Å². The van der Waals surface area contributed by atoms with Crippen LogP contribution in [0.5, 0.6) is 5.75 Å². The number of fused-ring (bicyclic) bond motifs is 1. The summed E-state index contributed by atoms with van der Waals surface area (Å²) >= 11 is 6.18. The number of amides is 1. The van der Waals surface area contributed by atoms with Gasteiger partial charge in [-0.2, -0.15) is 0 Å². The maximum atomic E-state index is 12.6. The number of aliphatic hydroxyl groups excluding tert-OH is 1. The number of nitrogens with one attached hydrogen (secondary N) is 2. The Morgan fingerprint density at radius 3 is 2.60 bits per heavy atom. The molecule has 1 aromatic heterocycles. The summed E-state index contributed by atoms with van der Waals surface area (Å²) < 4.78 is 5.06. The zero-order chi connectivity index (χ0) is 18.0. The van der Waals surface area contributed by atoms with Crippen LogP contribution in [-0.4, -0.2) is 23.1 Å². The molecule has 1 heterocycles. The van der Waals surface area contributed by atoms with Crippen LogP contribution in [0.1, 0.15) is 15.9 Å². The maximum Gasteiger partial charge on any atom is 0.261 e. The van der Waals surface area contributed by atoms with Crippen molar-refractivity contribution in [3.8, 4) is 5.75 Å². The quantitative estimate of drug-likeness (QED) is 0.668. The average molecular weight is 359 g/mol. The highest BCUT2D eigenvalue weighted by molar-refractivity contribution is 6.35. The molecule has 0 bridgehead atoms. The van der Waals surface area contributed by atoms with Gasteiger partial charge in [0.2, 0.25) is 0 Å². The van der Waals surface area contributed by atoms with Crippen molar-refractivity contribution in [2.24, 2.45) is 0 Å². The van der Waals surface area contributed by atoms with Crippen molar-refractivity contribution in [1.82, 2.24) is 4.98 Å². The minimum absolute atomic E-state index is 0.168. The summed E-state index contributed by atoms with van der Waals surface area (Å²) in [6.07, 6.45) is 0. The summed E-state index contributed by atoms with van der Waals surface area (Å²) in [5, 5.41) is 13.2. The Bertz CT molecular complexity index is 996. The van der Waals surface area contributed by atoms with Gasteiger partial charge in [-0.1, -0.05) is 17.7 Å². The minimum Gasteiger partial charge on any atom is -0.497 e. The fraction of sp³-hybridized carbons (Fsp3) is 0.111. The molecule has 2 aromatic carbocycles. The Kier molecular flexibility index (Phi) is 4.74. The lowest BCUT2D eigenvalue weighted by atomic mass is 10.0. The normalized spacial score (nSPS) is 10.7. The summed E-state index contributed by atoms with van der Waals surface area (Å²) in [5.41, 5.74) is 0.384.